The Kier molecular flexibility index (Phi) is 13.5. The molecule has 0 radical (unpaired) electrons. The third-order valence-corrected chi connectivity index (χ3v) is 10.5. The highest BCUT2D eigenvalue weighted by Gasteiger charge is 2.35. The van der Waals surface area contributed by atoms with Crippen molar-refractivity contribution in [2.45, 2.75) is 116 Å². The van der Waals surface area contributed by atoms with E-state index in [2.05, 4.69) is 38.3 Å². The summed E-state index contributed by atoms with van der Waals surface area (Å²) in [5.41, 5.74) is 5.15. The van der Waals surface area contributed by atoms with Crippen molar-refractivity contribution in [1.82, 2.24) is 0 Å². The molecule has 2 fully saturated rings. The quantitative estimate of drug-likeness (QED) is 0.125. The molecular formula is C38H56O6. The van der Waals surface area contributed by atoms with E-state index in [9.17, 15) is 9.59 Å². The van der Waals surface area contributed by atoms with Gasteiger partial charge in [0.25, 0.3) is 0 Å². The molecule has 0 bridgehead atoms. The van der Waals surface area contributed by atoms with Crippen molar-refractivity contribution in [3.63, 3.8) is 0 Å². The first kappa shape index (κ1) is 34.4. The average molecular weight is 609 g/mol. The van der Waals surface area contributed by atoms with E-state index in [0.717, 1.165) is 18.8 Å². The van der Waals surface area contributed by atoms with Crippen LogP contribution in [0.25, 0.3) is 0 Å². The predicted molar refractivity (Wildman–Crippen MR) is 174 cm³/mol. The van der Waals surface area contributed by atoms with Crippen LogP contribution in [0.5, 0.6) is 0 Å². The number of carbonyl (C=O) groups excluding carboxylic acids is 2. The smallest absolute Gasteiger partial charge is 0.335 e. The highest BCUT2D eigenvalue weighted by Crippen LogP contribution is 2.42. The van der Waals surface area contributed by atoms with Crippen LogP contribution in [0.3, 0.4) is 0 Å². The van der Waals surface area contributed by atoms with E-state index in [4.69, 9.17) is 19.3 Å². The molecule has 1 aromatic carbocycles. The van der Waals surface area contributed by atoms with Crippen LogP contribution in [-0.2, 0) is 36.6 Å². The molecule has 6 heteroatoms. The van der Waals surface area contributed by atoms with Crippen LogP contribution in [0.4, 0.5) is 0 Å². The molecule has 0 amide bonds. The summed E-state index contributed by atoms with van der Waals surface area (Å²) in [4.78, 5) is 24.0. The molecule has 4 atom stereocenters. The second-order valence-corrected chi connectivity index (χ2v) is 13.8. The van der Waals surface area contributed by atoms with Crippen LogP contribution in [0.15, 0.2) is 42.5 Å². The maximum Gasteiger partial charge on any atom is 0.335 e. The number of aliphatic hydroxyl groups excluding tert-OH is 1. The van der Waals surface area contributed by atoms with E-state index in [-0.39, 0.29) is 36.7 Å². The maximum atomic E-state index is 12.1. The van der Waals surface area contributed by atoms with Crippen molar-refractivity contribution in [2.75, 3.05) is 26.4 Å². The minimum atomic E-state index is -0.595. The second kappa shape index (κ2) is 17.3. The van der Waals surface area contributed by atoms with Gasteiger partial charge in [-0.2, -0.15) is 0 Å². The number of aryl methyl sites for hydroxylation is 1. The number of carbonyl (C=O) groups is 2. The Hall–Kier alpha value is -2.44. The SMILES string of the molecule is C=C(C)C(=O)OCC(CCOC(=O)C(=C)CO)C1CCC(C2CCC(c3ccc4c(c3)CCC(CCCCC)C4)CC2)OC1. The fourth-order valence-electron chi connectivity index (χ4n) is 7.62. The zero-order valence-electron chi connectivity index (χ0n) is 27.3. The van der Waals surface area contributed by atoms with Crippen LogP contribution in [0, 0.1) is 23.7 Å². The van der Waals surface area contributed by atoms with Gasteiger partial charge in [-0.1, -0.05) is 64.0 Å². The fourth-order valence-corrected chi connectivity index (χ4v) is 7.62. The van der Waals surface area contributed by atoms with Gasteiger partial charge in [0.2, 0.25) is 0 Å². The largest absolute Gasteiger partial charge is 0.462 e. The molecule has 1 saturated carbocycles. The molecule has 1 saturated heterocycles. The lowest BCUT2D eigenvalue weighted by Gasteiger charge is -2.40. The summed E-state index contributed by atoms with van der Waals surface area (Å²) in [5.74, 6) is 1.37. The van der Waals surface area contributed by atoms with Gasteiger partial charge in [-0.3, -0.25) is 0 Å². The maximum absolute atomic E-state index is 12.1. The standard InChI is InChI=1S/C38H56O6/c1-5-6-7-8-28-9-10-33-22-32(16-15-31(33)21-28)29-11-13-30(14-12-29)36-18-17-34(24-43-36)35(25-44-37(40)26(2)3)19-20-42-38(41)27(4)23-39/h15-16,22,28-30,34-36,39H,2,4-14,17-21,23-25H2,1,3H3. The normalized spacial score (nSPS) is 25.8. The van der Waals surface area contributed by atoms with E-state index >= 15 is 0 Å². The van der Waals surface area contributed by atoms with E-state index < -0.39 is 18.5 Å². The molecular weight excluding hydrogens is 552 g/mol. The molecule has 1 aliphatic heterocycles. The number of esters is 2. The molecule has 1 N–H and O–H groups in total. The van der Waals surface area contributed by atoms with Crippen molar-refractivity contribution in [3.05, 3.63) is 59.2 Å². The van der Waals surface area contributed by atoms with Crippen molar-refractivity contribution in [1.29, 1.82) is 0 Å². The number of hydrogen-bond donors (Lipinski definition) is 1. The molecule has 1 aromatic rings. The van der Waals surface area contributed by atoms with Gasteiger partial charge >= 0.3 is 11.9 Å². The molecule has 6 nitrogen and oxygen atoms in total. The molecule has 0 spiro atoms. The molecule has 3 aliphatic rings. The zero-order chi connectivity index (χ0) is 31.5. The van der Waals surface area contributed by atoms with Crippen molar-refractivity contribution >= 4 is 11.9 Å². The average Bonchev–Trinajstić information content (AvgIpc) is 3.05. The van der Waals surface area contributed by atoms with E-state index in [1.807, 2.05) is 0 Å². The number of rotatable bonds is 15. The minimum Gasteiger partial charge on any atom is -0.462 e. The minimum absolute atomic E-state index is 0.0146. The Morgan fingerprint density at radius 1 is 1.00 bits per heavy atom. The molecule has 1 heterocycles. The summed E-state index contributed by atoms with van der Waals surface area (Å²) in [5, 5.41) is 9.12. The summed E-state index contributed by atoms with van der Waals surface area (Å²) in [6.07, 6.45) is 17.1. The van der Waals surface area contributed by atoms with E-state index in [0.29, 0.717) is 30.4 Å². The van der Waals surface area contributed by atoms with E-state index in [1.54, 1.807) is 23.6 Å². The first-order chi connectivity index (χ1) is 21.3. The highest BCUT2D eigenvalue weighted by atomic mass is 16.5. The van der Waals surface area contributed by atoms with Crippen molar-refractivity contribution in [2.24, 2.45) is 23.7 Å². The van der Waals surface area contributed by atoms with Gasteiger partial charge in [-0.05, 0) is 111 Å². The molecule has 44 heavy (non-hydrogen) atoms. The van der Waals surface area contributed by atoms with Crippen molar-refractivity contribution < 1.29 is 28.9 Å². The third-order valence-electron chi connectivity index (χ3n) is 10.5. The monoisotopic (exact) mass is 608 g/mol. The molecule has 4 rings (SSSR count). The Morgan fingerprint density at radius 3 is 2.48 bits per heavy atom. The summed E-state index contributed by atoms with van der Waals surface area (Å²) in [7, 11) is 0. The lowest BCUT2D eigenvalue weighted by molar-refractivity contribution is -0.145. The topological polar surface area (TPSA) is 82.1 Å². The molecule has 2 aliphatic carbocycles. The van der Waals surface area contributed by atoms with Crippen LogP contribution in [-0.4, -0.2) is 49.6 Å². The summed E-state index contributed by atoms with van der Waals surface area (Å²) in [6.45, 7) is 11.8. The lowest BCUT2D eigenvalue weighted by atomic mass is 9.73. The first-order valence-corrected chi connectivity index (χ1v) is 17.3. The summed E-state index contributed by atoms with van der Waals surface area (Å²) >= 11 is 0. The van der Waals surface area contributed by atoms with Crippen molar-refractivity contribution in [3.8, 4) is 0 Å². The van der Waals surface area contributed by atoms with Crippen LogP contribution in [0.1, 0.15) is 114 Å². The number of hydrogen-bond acceptors (Lipinski definition) is 6. The Morgan fingerprint density at radius 2 is 1.80 bits per heavy atom. The zero-order valence-corrected chi connectivity index (χ0v) is 27.3. The van der Waals surface area contributed by atoms with Crippen LogP contribution in [0.2, 0.25) is 0 Å². The molecule has 244 valence electrons. The Bertz CT molecular complexity index is 1110. The highest BCUT2D eigenvalue weighted by molar-refractivity contribution is 5.88. The van der Waals surface area contributed by atoms with Gasteiger partial charge in [0.15, 0.2) is 0 Å². The Labute approximate surface area is 265 Å². The Balaban J connectivity index is 1.23. The van der Waals surface area contributed by atoms with Gasteiger partial charge in [0.1, 0.15) is 0 Å². The summed E-state index contributed by atoms with van der Waals surface area (Å²) < 4.78 is 17.3. The first-order valence-electron chi connectivity index (χ1n) is 17.3. The molecule has 4 unspecified atom stereocenters. The third kappa shape index (κ3) is 9.78. The number of benzene rings is 1. The number of fused-ring (bicyclic) bond motifs is 1. The fraction of sp³-hybridized carbons (Fsp3) is 0.684. The van der Waals surface area contributed by atoms with Crippen LogP contribution < -0.4 is 0 Å². The number of unbranched alkanes of at least 4 members (excludes halogenated alkanes) is 2. The number of ether oxygens (including phenoxy) is 3. The van der Waals surface area contributed by atoms with Gasteiger partial charge in [-0.25, -0.2) is 9.59 Å². The lowest BCUT2D eigenvalue weighted by Crippen LogP contribution is -2.37. The summed E-state index contributed by atoms with van der Waals surface area (Å²) in [6, 6.07) is 7.42. The van der Waals surface area contributed by atoms with Gasteiger partial charge in [0, 0.05) is 11.5 Å². The molecule has 0 aromatic heterocycles. The second-order valence-electron chi connectivity index (χ2n) is 13.8. The van der Waals surface area contributed by atoms with Gasteiger partial charge in [0.05, 0.1) is 38.1 Å². The predicted octanol–water partition coefficient (Wildman–Crippen LogP) is 7.66. The number of aliphatic hydroxyl groups is 1. The van der Waals surface area contributed by atoms with Crippen LogP contribution >= 0.6 is 0 Å². The van der Waals surface area contributed by atoms with Gasteiger partial charge < -0.3 is 19.3 Å². The van der Waals surface area contributed by atoms with Gasteiger partial charge in [-0.15, -0.1) is 0 Å². The van der Waals surface area contributed by atoms with E-state index in [1.165, 1.54) is 70.6 Å².